The van der Waals surface area contributed by atoms with Crippen LogP contribution in [0.5, 0.6) is 0 Å². The molecule has 0 aliphatic carbocycles. The van der Waals surface area contributed by atoms with Gasteiger partial charge in [-0.25, -0.2) is 0 Å². The fourth-order valence-electron chi connectivity index (χ4n) is 1.11. The molecule has 0 aromatic rings. The highest BCUT2D eigenvalue weighted by atomic mass is 16.4. The summed E-state index contributed by atoms with van der Waals surface area (Å²) in [7, 11) is 0. The van der Waals surface area contributed by atoms with Crippen LogP contribution in [0.1, 0.15) is 45.4 Å². The van der Waals surface area contributed by atoms with Gasteiger partial charge in [0.05, 0.1) is 0 Å². The average molecular weight is 173 g/mol. The van der Waals surface area contributed by atoms with E-state index in [1.807, 2.05) is 0 Å². The molecule has 0 aliphatic heterocycles. The van der Waals surface area contributed by atoms with Crippen molar-refractivity contribution >= 4 is 5.97 Å². The van der Waals surface area contributed by atoms with Crippen molar-refractivity contribution in [1.29, 1.82) is 0 Å². The predicted octanol–water partition coefficient (Wildman–Crippen LogP) is 1.76. The molecule has 12 heavy (non-hydrogen) atoms. The number of hydrogen-bond acceptors (Lipinski definition) is 2. The number of unbranched alkanes of at least 4 members (excludes halogenated alkanes) is 2. The third-order valence-corrected chi connectivity index (χ3v) is 1.91. The third kappa shape index (κ3) is 7.54. The average Bonchev–Trinajstić information content (AvgIpc) is 2.01. The van der Waals surface area contributed by atoms with E-state index in [1.165, 1.54) is 12.8 Å². The normalized spacial score (nSPS) is 12.8. The Bertz CT molecular complexity index is 126. The van der Waals surface area contributed by atoms with Crippen LogP contribution in [0.3, 0.4) is 0 Å². The zero-order valence-electron chi connectivity index (χ0n) is 7.75. The van der Waals surface area contributed by atoms with Gasteiger partial charge >= 0.3 is 5.97 Å². The summed E-state index contributed by atoms with van der Waals surface area (Å²) in [4.78, 5) is 10.2. The monoisotopic (exact) mass is 173 g/mol. The molecular formula is C9H19NO2. The maximum Gasteiger partial charge on any atom is 0.303 e. The number of carboxylic acids is 1. The van der Waals surface area contributed by atoms with Gasteiger partial charge in [0.2, 0.25) is 0 Å². The van der Waals surface area contributed by atoms with Crippen LogP contribution >= 0.6 is 0 Å². The fourth-order valence-corrected chi connectivity index (χ4v) is 1.11. The van der Waals surface area contributed by atoms with Gasteiger partial charge in [0.1, 0.15) is 0 Å². The van der Waals surface area contributed by atoms with Crippen LogP contribution < -0.4 is 5.73 Å². The Morgan fingerprint density at radius 1 is 1.42 bits per heavy atom. The Morgan fingerprint density at radius 2 is 2.08 bits per heavy atom. The first-order chi connectivity index (χ1) is 5.66. The highest BCUT2D eigenvalue weighted by Gasteiger charge is 2.04. The van der Waals surface area contributed by atoms with Gasteiger partial charge in [-0.15, -0.1) is 0 Å². The molecule has 0 spiro atoms. The Hall–Kier alpha value is -0.570. The quantitative estimate of drug-likeness (QED) is 0.576. The summed E-state index contributed by atoms with van der Waals surface area (Å²) < 4.78 is 0. The Kier molecular flexibility index (Phi) is 6.76. The molecule has 0 aromatic heterocycles. The predicted molar refractivity (Wildman–Crippen MR) is 49.0 cm³/mol. The van der Waals surface area contributed by atoms with E-state index in [9.17, 15) is 4.79 Å². The first-order valence-corrected chi connectivity index (χ1v) is 4.64. The van der Waals surface area contributed by atoms with Crippen LogP contribution in [0.2, 0.25) is 0 Å². The van der Waals surface area contributed by atoms with Gasteiger partial charge in [-0.1, -0.05) is 26.2 Å². The molecule has 0 fully saturated rings. The standard InChI is InChI=1S/C9H19NO2/c1-2-3-4-5-8(10)6-7-9(11)12/h8H,2-7,10H2,1H3,(H,11,12). The fraction of sp³-hybridized carbons (Fsp3) is 0.889. The summed E-state index contributed by atoms with van der Waals surface area (Å²) in [5.41, 5.74) is 5.70. The molecule has 1 atom stereocenters. The molecule has 0 rings (SSSR count). The molecule has 72 valence electrons. The van der Waals surface area contributed by atoms with Gasteiger partial charge in [0.15, 0.2) is 0 Å². The molecule has 0 bridgehead atoms. The first kappa shape index (κ1) is 11.4. The lowest BCUT2D eigenvalue weighted by molar-refractivity contribution is -0.137. The highest BCUT2D eigenvalue weighted by molar-refractivity contribution is 5.66. The molecule has 3 N–H and O–H groups in total. The number of aliphatic carboxylic acids is 1. The van der Waals surface area contributed by atoms with E-state index in [1.54, 1.807) is 0 Å². The number of hydrogen-bond donors (Lipinski definition) is 2. The lowest BCUT2D eigenvalue weighted by Gasteiger charge is -2.08. The van der Waals surface area contributed by atoms with Crippen LogP contribution in [0.4, 0.5) is 0 Å². The zero-order valence-corrected chi connectivity index (χ0v) is 7.75. The van der Waals surface area contributed by atoms with Crippen molar-refractivity contribution in [2.75, 3.05) is 0 Å². The number of rotatable bonds is 7. The van der Waals surface area contributed by atoms with Crippen LogP contribution in [0.15, 0.2) is 0 Å². The molecule has 0 aromatic carbocycles. The zero-order chi connectivity index (χ0) is 9.40. The van der Waals surface area contributed by atoms with E-state index < -0.39 is 5.97 Å². The Morgan fingerprint density at radius 3 is 2.58 bits per heavy atom. The van der Waals surface area contributed by atoms with Crippen molar-refractivity contribution in [2.24, 2.45) is 5.73 Å². The molecular weight excluding hydrogens is 154 g/mol. The van der Waals surface area contributed by atoms with Crippen molar-refractivity contribution < 1.29 is 9.90 Å². The van der Waals surface area contributed by atoms with Gasteiger partial charge in [-0.05, 0) is 12.8 Å². The van der Waals surface area contributed by atoms with Gasteiger partial charge in [0, 0.05) is 12.5 Å². The maximum absolute atomic E-state index is 10.2. The molecule has 0 radical (unpaired) electrons. The van der Waals surface area contributed by atoms with E-state index in [4.69, 9.17) is 10.8 Å². The van der Waals surface area contributed by atoms with Crippen molar-refractivity contribution in [3.63, 3.8) is 0 Å². The van der Waals surface area contributed by atoms with Crippen molar-refractivity contribution in [3.8, 4) is 0 Å². The van der Waals surface area contributed by atoms with Gasteiger partial charge in [-0.3, -0.25) is 4.79 Å². The van der Waals surface area contributed by atoms with E-state index in [2.05, 4.69) is 6.92 Å². The minimum Gasteiger partial charge on any atom is -0.481 e. The van der Waals surface area contributed by atoms with Crippen molar-refractivity contribution in [1.82, 2.24) is 0 Å². The molecule has 0 saturated heterocycles. The lowest BCUT2D eigenvalue weighted by Crippen LogP contribution is -2.20. The van der Waals surface area contributed by atoms with Crippen LogP contribution in [-0.4, -0.2) is 17.1 Å². The van der Waals surface area contributed by atoms with E-state index in [0.29, 0.717) is 6.42 Å². The number of carboxylic acid groups (broad SMARTS) is 1. The molecule has 0 amide bonds. The summed E-state index contributed by atoms with van der Waals surface area (Å²) >= 11 is 0. The lowest BCUT2D eigenvalue weighted by atomic mass is 10.1. The summed E-state index contributed by atoms with van der Waals surface area (Å²) in [5, 5.41) is 8.38. The minimum absolute atomic E-state index is 0.0765. The molecule has 3 heteroatoms. The van der Waals surface area contributed by atoms with E-state index in [-0.39, 0.29) is 12.5 Å². The maximum atomic E-state index is 10.2. The summed E-state index contributed by atoms with van der Waals surface area (Å²) in [6.07, 6.45) is 5.27. The first-order valence-electron chi connectivity index (χ1n) is 4.64. The van der Waals surface area contributed by atoms with E-state index in [0.717, 1.165) is 12.8 Å². The van der Waals surface area contributed by atoms with Crippen LogP contribution in [0, 0.1) is 0 Å². The largest absolute Gasteiger partial charge is 0.481 e. The highest BCUT2D eigenvalue weighted by Crippen LogP contribution is 2.05. The number of nitrogens with two attached hydrogens (primary N) is 1. The molecule has 0 saturated carbocycles. The van der Waals surface area contributed by atoms with Crippen LogP contribution in [-0.2, 0) is 4.79 Å². The van der Waals surface area contributed by atoms with Crippen molar-refractivity contribution in [2.45, 2.75) is 51.5 Å². The minimum atomic E-state index is -0.749. The second-order valence-electron chi connectivity index (χ2n) is 3.19. The third-order valence-electron chi connectivity index (χ3n) is 1.91. The SMILES string of the molecule is CCCCCC(N)CCC(=O)O. The van der Waals surface area contributed by atoms with Crippen LogP contribution in [0.25, 0.3) is 0 Å². The summed E-state index contributed by atoms with van der Waals surface area (Å²) in [5.74, 6) is -0.749. The number of carbonyl (C=O) groups is 1. The summed E-state index contributed by atoms with van der Waals surface area (Å²) in [6, 6.07) is 0.0765. The topological polar surface area (TPSA) is 63.3 Å². The summed E-state index contributed by atoms with van der Waals surface area (Å²) in [6.45, 7) is 2.14. The smallest absolute Gasteiger partial charge is 0.303 e. The van der Waals surface area contributed by atoms with Crippen molar-refractivity contribution in [3.05, 3.63) is 0 Å². The second-order valence-corrected chi connectivity index (χ2v) is 3.19. The molecule has 0 aliphatic rings. The van der Waals surface area contributed by atoms with Gasteiger partial charge < -0.3 is 10.8 Å². The van der Waals surface area contributed by atoms with Gasteiger partial charge in [0.25, 0.3) is 0 Å². The molecule has 0 heterocycles. The Balaban J connectivity index is 3.21. The molecule has 3 nitrogen and oxygen atoms in total. The molecule has 1 unspecified atom stereocenters. The van der Waals surface area contributed by atoms with Gasteiger partial charge in [-0.2, -0.15) is 0 Å². The second kappa shape index (κ2) is 7.10. The van der Waals surface area contributed by atoms with E-state index >= 15 is 0 Å². The Labute approximate surface area is 74.0 Å².